The van der Waals surface area contributed by atoms with Crippen LogP contribution in [0.2, 0.25) is 0 Å². The Morgan fingerprint density at radius 1 is 1.26 bits per heavy atom. The first-order chi connectivity index (χ1) is 9.02. The molecule has 0 atom stereocenters. The summed E-state index contributed by atoms with van der Waals surface area (Å²) in [6.07, 6.45) is 0. The standard InChI is InChI=1S/C15H18BrFN2/c1-4-19-10(2)7-12(11(19)3)9-18-15-8-13(16)5-6-14(15)17/h5-8,18H,4,9H2,1-3H3. The molecule has 19 heavy (non-hydrogen) atoms. The summed E-state index contributed by atoms with van der Waals surface area (Å²) in [5.74, 6) is -0.229. The number of hydrogen-bond acceptors (Lipinski definition) is 1. The van der Waals surface area contributed by atoms with E-state index < -0.39 is 0 Å². The second kappa shape index (κ2) is 5.78. The van der Waals surface area contributed by atoms with E-state index in [1.165, 1.54) is 23.0 Å². The normalized spacial score (nSPS) is 10.8. The highest BCUT2D eigenvalue weighted by Crippen LogP contribution is 2.22. The maximum absolute atomic E-state index is 13.6. The zero-order valence-corrected chi connectivity index (χ0v) is 13.0. The SMILES string of the molecule is CCn1c(C)cc(CNc2cc(Br)ccc2F)c1C. The third-order valence-electron chi connectivity index (χ3n) is 3.39. The Bertz CT molecular complexity index is 590. The molecule has 4 heteroatoms. The van der Waals surface area contributed by atoms with Crippen LogP contribution in [0.5, 0.6) is 0 Å². The highest BCUT2D eigenvalue weighted by molar-refractivity contribution is 9.10. The Morgan fingerprint density at radius 2 is 2.00 bits per heavy atom. The summed E-state index contributed by atoms with van der Waals surface area (Å²) in [4.78, 5) is 0. The van der Waals surface area contributed by atoms with Crippen LogP contribution in [0, 0.1) is 19.7 Å². The van der Waals surface area contributed by atoms with Crippen LogP contribution in [0.1, 0.15) is 23.9 Å². The van der Waals surface area contributed by atoms with Gasteiger partial charge in [-0.05, 0) is 50.6 Å². The van der Waals surface area contributed by atoms with E-state index in [4.69, 9.17) is 0 Å². The van der Waals surface area contributed by atoms with Crippen molar-refractivity contribution >= 4 is 21.6 Å². The monoisotopic (exact) mass is 324 g/mol. The number of nitrogens with one attached hydrogen (secondary N) is 1. The minimum atomic E-state index is -0.229. The van der Waals surface area contributed by atoms with Crippen LogP contribution in [-0.4, -0.2) is 4.57 Å². The van der Waals surface area contributed by atoms with E-state index in [2.05, 4.69) is 52.7 Å². The van der Waals surface area contributed by atoms with Gasteiger partial charge in [0.2, 0.25) is 0 Å². The predicted molar refractivity (Wildman–Crippen MR) is 81.0 cm³/mol. The van der Waals surface area contributed by atoms with Crippen molar-refractivity contribution in [2.75, 3.05) is 5.32 Å². The number of benzene rings is 1. The highest BCUT2D eigenvalue weighted by Gasteiger charge is 2.08. The number of hydrogen-bond donors (Lipinski definition) is 1. The molecule has 0 fully saturated rings. The average molecular weight is 325 g/mol. The number of aryl methyl sites for hydroxylation is 1. The minimum Gasteiger partial charge on any atom is -0.378 e. The molecule has 0 saturated carbocycles. The van der Waals surface area contributed by atoms with Crippen molar-refractivity contribution < 1.29 is 4.39 Å². The molecule has 0 aliphatic heterocycles. The fraction of sp³-hybridized carbons (Fsp3) is 0.333. The van der Waals surface area contributed by atoms with E-state index in [0.29, 0.717) is 12.2 Å². The lowest BCUT2D eigenvalue weighted by molar-refractivity contribution is 0.629. The van der Waals surface area contributed by atoms with Gasteiger partial charge in [-0.1, -0.05) is 15.9 Å². The van der Waals surface area contributed by atoms with Gasteiger partial charge < -0.3 is 9.88 Å². The molecule has 0 aliphatic carbocycles. The van der Waals surface area contributed by atoms with Crippen LogP contribution in [-0.2, 0) is 13.1 Å². The average Bonchev–Trinajstić information content (AvgIpc) is 2.65. The lowest BCUT2D eigenvalue weighted by Crippen LogP contribution is -2.04. The summed E-state index contributed by atoms with van der Waals surface area (Å²) in [5, 5.41) is 3.16. The molecular formula is C15H18BrFN2. The molecule has 1 heterocycles. The van der Waals surface area contributed by atoms with Crippen LogP contribution in [0.4, 0.5) is 10.1 Å². The summed E-state index contributed by atoms with van der Waals surface area (Å²) in [6, 6.07) is 7.07. The molecule has 2 aromatic rings. The van der Waals surface area contributed by atoms with E-state index in [1.807, 2.05) is 0 Å². The molecule has 102 valence electrons. The Kier molecular flexibility index (Phi) is 4.30. The molecule has 2 nitrogen and oxygen atoms in total. The first-order valence-electron chi connectivity index (χ1n) is 6.37. The lowest BCUT2D eigenvalue weighted by atomic mass is 10.2. The minimum absolute atomic E-state index is 0.229. The van der Waals surface area contributed by atoms with Crippen LogP contribution in [0.15, 0.2) is 28.7 Å². The van der Waals surface area contributed by atoms with Crippen molar-refractivity contribution in [2.24, 2.45) is 0 Å². The Labute approximate surface area is 121 Å². The molecule has 0 bridgehead atoms. The first-order valence-corrected chi connectivity index (χ1v) is 7.16. The molecule has 2 rings (SSSR count). The molecule has 0 saturated heterocycles. The molecule has 0 radical (unpaired) electrons. The van der Waals surface area contributed by atoms with E-state index in [9.17, 15) is 4.39 Å². The van der Waals surface area contributed by atoms with Crippen molar-refractivity contribution in [3.05, 3.63) is 51.5 Å². The van der Waals surface area contributed by atoms with Crippen LogP contribution in [0.25, 0.3) is 0 Å². The lowest BCUT2D eigenvalue weighted by Gasteiger charge is -2.09. The molecule has 0 spiro atoms. The van der Waals surface area contributed by atoms with Gasteiger partial charge in [-0.15, -0.1) is 0 Å². The molecule has 0 amide bonds. The van der Waals surface area contributed by atoms with Gasteiger partial charge in [-0.25, -0.2) is 4.39 Å². The number of aromatic nitrogens is 1. The van der Waals surface area contributed by atoms with Crippen LogP contribution < -0.4 is 5.32 Å². The van der Waals surface area contributed by atoms with Gasteiger partial charge in [0.15, 0.2) is 0 Å². The zero-order valence-electron chi connectivity index (χ0n) is 11.4. The summed E-state index contributed by atoms with van der Waals surface area (Å²) in [6.45, 7) is 7.92. The molecule has 0 aliphatic rings. The predicted octanol–water partition coefficient (Wildman–Crippen LogP) is 4.64. The summed E-state index contributed by atoms with van der Waals surface area (Å²) in [5.41, 5.74) is 4.21. The van der Waals surface area contributed by atoms with Crippen LogP contribution in [0.3, 0.4) is 0 Å². The molecule has 1 aromatic carbocycles. The van der Waals surface area contributed by atoms with Gasteiger partial charge in [0, 0.05) is 29.0 Å². The fourth-order valence-electron chi connectivity index (χ4n) is 2.36. The highest BCUT2D eigenvalue weighted by atomic mass is 79.9. The van der Waals surface area contributed by atoms with Crippen molar-refractivity contribution in [1.29, 1.82) is 0 Å². The van der Waals surface area contributed by atoms with Gasteiger partial charge in [0.05, 0.1) is 5.69 Å². The summed E-state index contributed by atoms with van der Waals surface area (Å²) in [7, 11) is 0. The number of rotatable bonds is 4. The van der Waals surface area contributed by atoms with Crippen LogP contribution >= 0.6 is 15.9 Å². The van der Waals surface area contributed by atoms with Gasteiger partial charge in [-0.2, -0.15) is 0 Å². The number of nitrogens with zero attached hydrogens (tertiary/aromatic N) is 1. The molecule has 1 N–H and O–H groups in total. The van der Waals surface area contributed by atoms with Gasteiger partial charge in [0.1, 0.15) is 5.82 Å². The number of anilines is 1. The fourth-order valence-corrected chi connectivity index (χ4v) is 2.72. The van der Waals surface area contributed by atoms with Crippen molar-refractivity contribution in [1.82, 2.24) is 4.57 Å². The van der Waals surface area contributed by atoms with E-state index >= 15 is 0 Å². The maximum Gasteiger partial charge on any atom is 0.146 e. The summed E-state index contributed by atoms with van der Waals surface area (Å²) < 4.78 is 16.8. The van der Waals surface area contributed by atoms with E-state index in [0.717, 1.165) is 11.0 Å². The van der Waals surface area contributed by atoms with Crippen molar-refractivity contribution in [2.45, 2.75) is 33.9 Å². The second-order valence-corrected chi connectivity index (χ2v) is 5.53. The molecular weight excluding hydrogens is 307 g/mol. The maximum atomic E-state index is 13.6. The van der Waals surface area contributed by atoms with Crippen molar-refractivity contribution in [3.8, 4) is 0 Å². The Hall–Kier alpha value is -1.29. The first kappa shape index (κ1) is 14.1. The molecule has 0 unspecified atom stereocenters. The Morgan fingerprint density at radius 3 is 2.63 bits per heavy atom. The quantitative estimate of drug-likeness (QED) is 0.867. The summed E-state index contributed by atoms with van der Waals surface area (Å²) >= 11 is 3.35. The van der Waals surface area contributed by atoms with Crippen molar-refractivity contribution in [3.63, 3.8) is 0 Å². The third-order valence-corrected chi connectivity index (χ3v) is 3.89. The zero-order chi connectivity index (χ0) is 14.0. The third kappa shape index (κ3) is 3.00. The van der Waals surface area contributed by atoms with E-state index in [1.54, 1.807) is 12.1 Å². The van der Waals surface area contributed by atoms with E-state index in [-0.39, 0.29) is 5.82 Å². The smallest absolute Gasteiger partial charge is 0.146 e. The van der Waals surface area contributed by atoms with Gasteiger partial charge in [-0.3, -0.25) is 0 Å². The topological polar surface area (TPSA) is 17.0 Å². The second-order valence-electron chi connectivity index (χ2n) is 4.62. The Balaban J connectivity index is 2.17. The largest absolute Gasteiger partial charge is 0.378 e. The van der Waals surface area contributed by atoms with Gasteiger partial charge in [0.25, 0.3) is 0 Å². The molecule has 1 aromatic heterocycles. The number of halogens is 2. The van der Waals surface area contributed by atoms with Gasteiger partial charge >= 0.3 is 0 Å².